The summed E-state index contributed by atoms with van der Waals surface area (Å²) in [7, 11) is 0. The number of hydrogen-bond donors (Lipinski definition) is 1. The molecule has 0 aromatic heterocycles. The quantitative estimate of drug-likeness (QED) is 0.338. The number of Topliss-reactive ketones (excluding diaryl/α,β-unsaturated/α-hetero) is 1. The van der Waals surface area contributed by atoms with Gasteiger partial charge in [0.1, 0.15) is 0 Å². The Balaban J connectivity index is 1.53. The second-order valence-electron chi connectivity index (χ2n) is 5.67. The van der Waals surface area contributed by atoms with Crippen LogP contribution < -0.4 is 5.32 Å². The minimum atomic E-state index is -0.0954. The monoisotopic (exact) mass is 451 g/mol. The van der Waals surface area contributed by atoms with E-state index in [0.29, 0.717) is 25.3 Å². The summed E-state index contributed by atoms with van der Waals surface area (Å²) in [5.74, 6) is -0.0975. The summed E-state index contributed by atoms with van der Waals surface area (Å²) in [6, 6.07) is 17.4. The first-order chi connectivity index (χ1) is 12.1. The third kappa shape index (κ3) is 7.79. The molecule has 0 unspecified atom stereocenters. The number of nitrogens with one attached hydrogen (secondary N) is 1. The van der Waals surface area contributed by atoms with Crippen LogP contribution in [0.2, 0.25) is 0 Å². The van der Waals surface area contributed by atoms with Crippen LogP contribution in [0.15, 0.2) is 54.6 Å². The van der Waals surface area contributed by atoms with Crippen LogP contribution in [0.4, 0.5) is 0 Å². The highest BCUT2D eigenvalue weighted by Crippen LogP contribution is 2.09. The van der Waals surface area contributed by atoms with E-state index < -0.39 is 0 Å². The maximum absolute atomic E-state index is 12.0. The minimum absolute atomic E-state index is 0.00209. The lowest BCUT2D eigenvalue weighted by Gasteiger charge is -2.06. The fourth-order valence-corrected chi connectivity index (χ4v) is 2.62. The molecule has 0 heterocycles. The van der Waals surface area contributed by atoms with Gasteiger partial charge < -0.3 is 10.1 Å². The minimum Gasteiger partial charge on any atom is -0.377 e. The Morgan fingerprint density at radius 3 is 2.40 bits per heavy atom. The van der Waals surface area contributed by atoms with Gasteiger partial charge in [-0.1, -0.05) is 42.5 Å². The topological polar surface area (TPSA) is 55.4 Å². The van der Waals surface area contributed by atoms with Gasteiger partial charge in [-0.15, -0.1) is 0 Å². The van der Waals surface area contributed by atoms with Crippen molar-refractivity contribution < 1.29 is 14.3 Å². The average molecular weight is 451 g/mol. The van der Waals surface area contributed by atoms with Gasteiger partial charge in [-0.3, -0.25) is 9.59 Å². The molecule has 0 fully saturated rings. The number of ketones is 1. The average Bonchev–Trinajstić information content (AvgIpc) is 2.64. The second-order valence-corrected chi connectivity index (χ2v) is 6.92. The number of halogens is 1. The van der Waals surface area contributed by atoms with Crippen molar-refractivity contribution in [2.75, 3.05) is 13.2 Å². The number of carbonyl (C=O) groups excluding carboxylic acids is 2. The van der Waals surface area contributed by atoms with E-state index in [2.05, 4.69) is 27.9 Å². The lowest BCUT2D eigenvalue weighted by Crippen LogP contribution is -2.25. The molecule has 2 aromatic carbocycles. The van der Waals surface area contributed by atoms with Crippen molar-refractivity contribution in [1.82, 2.24) is 5.32 Å². The summed E-state index contributed by atoms with van der Waals surface area (Å²) in [6.45, 7) is 1.74. The van der Waals surface area contributed by atoms with Crippen molar-refractivity contribution in [3.63, 3.8) is 0 Å². The molecule has 132 valence electrons. The van der Waals surface area contributed by atoms with Crippen molar-refractivity contribution in [3.8, 4) is 0 Å². The van der Waals surface area contributed by atoms with E-state index in [0.717, 1.165) is 15.6 Å². The summed E-state index contributed by atoms with van der Waals surface area (Å²) in [5.41, 5.74) is 1.79. The molecule has 25 heavy (non-hydrogen) atoms. The number of rotatable bonds is 10. The Labute approximate surface area is 162 Å². The fraction of sp³-hybridized carbons (Fsp3) is 0.300. The molecular weight excluding hydrogens is 429 g/mol. The Hall–Kier alpha value is -1.73. The predicted molar refractivity (Wildman–Crippen MR) is 106 cm³/mol. The molecule has 0 aliphatic heterocycles. The molecule has 0 radical (unpaired) electrons. The summed E-state index contributed by atoms with van der Waals surface area (Å²) in [4.78, 5) is 23.8. The molecule has 0 spiro atoms. The van der Waals surface area contributed by atoms with Crippen molar-refractivity contribution in [3.05, 3.63) is 69.3 Å². The highest BCUT2D eigenvalue weighted by molar-refractivity contribution is 14.1. The third-order valence-corrected chi connectivity index (χ3v) is 4.36. The van der Waals surface area contributed by atoms with Gasteiger partial charge in [0.15, 0.2) is 5.78 Å². The molecule has 1 N–H and O–H groups in total. The maximum atomic E-state index is 12.0. The van der Waals surface area contributed by atoms with Gasteiger partial charge in [0.05, 0.1) is 6.61 Å². The van der Waals surface area contributed by atoms with Crippen LogP contribution in [0.25, 0.3) is 0 Å². The van der Waals surface area contributed by atoms with Crippen LogP contribution in [0.3, 0.4) is 0 Å². The van der Waals surface area contributed by atoms with Gasteiger partial charge in [-0.2, -0.15) is 0 Å². The Bertz CT molecular complexity index is 671. The molecule has 0 bridgehead atoms. The molecule has 1 amide bonds. The molecule has 0 atom stereocenters. The van der Waals surface area contributed by atoms with Crippen molar-refractivity contribution in [2.24, 2.45) is 0 Å². The van der Waals surface area contributed by atoms with Crippen molar-refractivity contribution >= 4 is 34.3 Å². The number of amides is 1. The van der Waals surface area contributed by atoms with E-state index in [4.69, 9.17) is 4.74 Å². The van der Waals surface area contributed by atoms with E-state index in [-0.39, 0.29) is 24.5 Å². The van der Waals surface area contributed by atoms with Gasteiger partial charge >= 0.3 is 0 Å². The van der Waals surface area contributed by atoms with Crippen molar-refractivity contribution in [1.29, 1.82) is 0 Å². The van der Waals surface area contributed by atoms with Gasteiger partial charge in [0.2, 0.25) is 5.91 Å². The summed E-state index contributed by atoms with van der Waals surface area (Å²) in [5, 5.41) is 2.82. The zero-order valence-corrected chi connectivity index (χ0v) is 16.2. The van der Waals surface area contributed by atoms with Crippen LogP contribution in [0, 0.1) is 3.57 Å². The maximum Gasteiger partial charge on any atom is 0.220 e. The Kier molecular flexibility index (Phi) is 8.62. The van der Waals surface area contributed by atoms with Gasteiger partial charge in [0, 0.05) is 35.1 Å². The van der Waals surface area contributed by atoms with Crippen LogP contribution in [0.1, 0.15) is 35.2 Å². The largest absolute Gasteiger partial charge is 0.377 e. The molecular formula is C20H22INO3. The summed E-state index contributed by atoms with van der Waals surface area (Å²) >= 11 is 2.19. The Morgan fingerprint density at radius 1 is 0.960 bits per heavy atom. The number of benzene rings is 2. The molecule has 2 rings (SSSR count). The third-order valence-electron chi connectivity index (χ3n) is 3.64. The van der Waals surface area contributed by atoms with Crippen molar-refractivity contribution in [2.45, 2.75) is 25.9 Å². The van der Waals surface area contributed by atoms with Gasteiger partial charge in [0.25, 0.3) is 0 Å². The highest BCUT2D eigenvalue weighted by Gasteiger charge is 2.09. The second kappa shape index (κ2) is 11.0. The first-order valence-electron chi connectivity index (χ1n) is 8.32. The zero-order chi connectivity index (χ0) is 17.9. The molecule has 5 heteroatoms. The smallest absolute Gasteiger partial charge is 0.220 e. The first-order valence-corrected chi connectivity index (χ1v) is 9.40. The van der Waals surface area contributed by atoms with E-state index in [1.165, 1.54) is 0 Å². The normalized spacial score (nSPS) is 10.4. The van der Waals surface area contributed by atoms with E-state index in [9.17, 15) is 9.59 Å². The molecule has 0 saturated heterocycles. The molecule has 0 aliphatic carbocycles. The Morgan fingerprint density at radius 2 is 1.68 bits per heavy atom. The first kappa shape index (κ1) is 19.6. The number of carbonyl (C=O) groups is 2. The van der Waals surface area contributed by atoms with Crippen LogP contribution in [-0.4, -0.2) is 24.8 Å². The predicted octanol–water partition coefficient (Wildman–Crippen LogP) is 3.98. The summed E-state index contributed by atoms with van der Waals surface area (Å²) < 4.78 is 6.65. The molecule has 2 aromatic rings. The van der Waals surface area contributed by atoms with Gasteiger partial charge in [-0.25, -0.2) is 0 Å². The van der Waals surface area contributed by atoms with E-state index in [1.54, 1.807) is 12.1 Å². The lowest BCUT2D eigenvalue weighted by molar-refractivity contribution is -0.121. The molecule has 4 nitrogen and oxygen atoms in total. The summed E-state index contributed by atoms with van der Waals surface area (Å²) in [6.07, 6.45) is 1.20. The zero-order valence-electron chi connectivity index (χ0n) is 14.0. The van der Waals surface area contributed by atoms with E-state index in [1.807, 2.05) is 42.5 Å². The SMILES string of the molecule is O=C(CCC(=O)c1ccc(I)cc1)NCCCOCc1ccccc1. The number of ether oxygens (including phenoxy) is 1. The van der Waals surface area contributed by atoms with Gasteiger partial charge in [-0.05, 0) is 46.7 Å². The van der Waals surface area contributed by atoms with Crippen LogP contribution >= 0.6 is 22.6 Å². The van der Waals surface area contributed by atoms with E-state index >= 15 is 0 Å². The van der Waals surface area contributed by atoms with Crippen LogP contribution in [0.5, 0.6) is 0 Å². The fourth-order valence-electron chi connectivity index (χ4n) is 2.26. The number of hydrogen-bond acceptors (Lipinski definition) is 3. The highest BCUT2D eigenvalue weighted by atomic mass is 127. The standard InChI is InChI=1S/C20H22INO3/c21-18-9-7-17(8-10-18)19(23)11-12-20(24)22-13-4-14-25-15-16-5-2-1-3-6-16/h1-3,5-10H,4,11-15H2,(H,22,24). The molecule has 0 saturated carbocycles. The van der Waals surface area contributed by atoms with Crippen LogP contribution in [-0.2, 0) is 16.1 Å². The lowest BCUT2D eigenvalue weighted by atomic mass is 10.1. The molecule has 0 aliphatic rings.